The molecule has 0 radical (unpaired) electrons. The summed E-state index contributed by atoms with van der Waals surface area (Å²) >= 11 is 0. The zero-order valence-corrected chi connectivity index (χ0v) is 13.3. The average molecular weight is 311 g/mol. The van der Waals surface area contributed by atoms with Crippen LogP contribution in [0.5, 0.6) is 0 Å². The van der Waals surface area contributed by atoms with Crippen molar-refractivity contribution in [3.63, 3.8) is 0 Å². The molecule has 4 rings (SSSR count). The minimum Gasteiger partial charge on any atom is -0.303 e. The Balaban J connectivity index is 1.52. The second-order valence-electron chi connectivity index (χ2n) is 6.12. The molecule has 0 amide bonds. The summed E-state index contributed by atoms with van der Waals surface area (Å²) in [5.74, 6) is 1.36. The number of likely N-dealkylation sites (tertiary alicyclic amines) is 1. The Hall–Kier alpha value is -2.28. The van der Waals surface area contributed by atoms with Crippen molar-refractivity contribution in [1.29, 1.82) is 0 Å². The van der Waals surface area contributed by atoms with Crippen LogP contribution in [0.1, 0.15) is 37.2 Å². The molecule has 7 nitrogen and oxygen atoms in total. The van der Waals surface area contributed by atoms with E-state index in [1.807, 2.05) is 33.5 Å². The Morgan fingerprint density at radius 3 is 3.09 bits per heavy atom. The highest BCUT2D eigenvalue weighted by molar-refractivity contribution is 5.36. The zero-order valence-electron chi connectivity index (χ0n) is 13.3. The summed E-state index contributed by atoms with van der Waals surface area (Å²) in [5.41, 5.74) is 1.95. The van der Waals surface area contributed by atoms with Crippen LogP contribution in [0.4, 0.5) is 0 Å². The van der Waals surface area contributed by atoms with E-state index < -0.39 is 0 Å². The lowest BCUT2D eigenvalue weighted by Crippen LogP contribution is -2.34. The Kier molecular flexibility index (Phi) is 3.78. The van der Waals surface area contributed by atoms with Gasteiger partial charge < -0.3 is 4.90 Å². The number of piperidine rings is 1. The van der Waals surface area contributed by atoms with Gasteiger partial charge in [0.1, 0.15) is 6.54 Å². The van der Waals surface area contributed by atoms with E-state index in [-0.39, 0.29) is 0 Å². The van der Waals surface area contributed by atoms with Crippen molar-refractivity contribution in [2.24, 2.45) is 0 Å². The minimum atomic E-state index is 0.493. The van der Waals surface area contributed by atoms with Gasteiger partial charge in [-0.05, 0) is 38.1 Å². The van der Waals surface area contributed by atoms with E-state index in [0.29, 0.717) is 12.5 Å². The van der Waals surface area contributed by atoms with Gasteiger partial charge in [-0.3, -0.25) is 4.40 Å². The van der Waals surface area contributed by atoms with Gasteiger partial charge in [0.05, 0.1) is 5.69 Å². The predicted octanol–water partition coefficient (Wildman–Crippen LogP) is 1.57. The molecule has 0 bridgehead atoms. The summed E-state index contributed by atoms with van der Waals surface area (Å²) in [5, 5.41) is 17.1. The second-order valence-corrected chi connectivity index (χ2v) is 6.12. The van der Waals surface area contributed by atoms with Crippen molar-refractivity contribution < 1.29 is 0 Å². The molecular weight excluding hydrogens is 290 g/mol. The van der Waals surface area contributed by atoms with E-state index in [0.717, 1.165) is 30.3 Å². The highest BCUT2D eigenvalue weighted by Crippen LogP contribution is 2.25. The summed E-state index contributed by atoms with van der Waals surface area (Å²) in [6.45, 7) is 6.20. The van der Waals surface area contributed by atoms with E-state index in [1.54, 1.807) is 0 Å². The molecule has 1 atom stereocenters. The van der Waals surface area contributed by atoms with Crippen molar-refractivity contribution >= 4 is 5.65 Å². The molecule has 23 heavy (non-hydrogen) atoms. The Morgan fingerprint density at radius 1 is 1.22 bits per heavy atom. The van der Waals surface area contributed by atoms with Gasteiger partial charge in [-0.25, -0.2) is 4.68 Å². The number of nitrogens with zero attached hydrogens (tertiary/aromatic N) is 7. The normalized spacial score (nSPS) is 19.4. The lowest BCUT2D eigenvalue weighted by molar-refractivity contribution is 0.216. The number of rotatable bonds is 4. The molecule has 1 saturated heterocycles. The van der Waals surface area contributed by atoms with Crippen molar-refractivity contribution in [2.75, 3.05) is 19.6 Å². The number of aromatic nitrogens is 6. The predicted molar refractivity (Wildman–Crippen MR) is 86.2 cm³/mol. The van der Waals surface area contributed by atoms with Gasteiger partial charge in [-0.1, -0.05) is 18.2 Å². The molecule has 120 valence electrons. The first-order valence-corrected chi connectivity index (χ1v) is 8.24. The third-order valence-electron chi connectivity index (χ3n) is 4.62. The van der Waals surface area contributed by atoms with Crippen LogP contribution in [0, 0.1) is 0 Å². The second kappa shape index (κ2) is 6.08. The van der Waals surface area contributed by atoms with Crippen LogP contribution < -0.4 is 0 Å². The molecule has 0 saturated carbocycles. The van der Waals surface area contributed by atoms with Gasteiger partial charge in [0, 0.05) is 24.9 Å². The maximum atomic E-state index is 4.40. The summed E-state index contributed by atoms with van der Waals surface area (Å²) in [4.78, 5) is 2.49. The molecule has 0 spiro atoms. The lowest BCUT2D eigenvalue weighted by atomic mass is 9.95. The van der Waals surface area contributed by atoms with Gasteiger partial charge in [0.2, 0.25) is 0 Å². The number of pyridine rings is 1. The van der Waals surface area contributed by atoms with Crippen LogP contribution in [0.3, 0.4) is 0 Å². The molecule has 1 aliphatic rings. The highest BCUT2D eigenvalue weighted by Gasteiger charge is 2.22. The van der Waals surface area contributed by atoms with Crippen molar-refractivity contribution in [3.05, 3.63) is 42.1 Å². The van der Waals surface area contributed by atoms with Crippen LogP contribution in [0.15, 0.2) is 30.6 Å². The number of hydrogen-bond acceptors (Lipinski definition) is 5. The first kappa shape index (κ1) is 14.3. The molecule has 4 heterocycles. The molecule has 0 N–H and O–H groups in total. The quantitative estimate of drug-likeness (QED) is 0.732. The van der Waals surface area contributed by atoms with Crippen molar-refractivity contribution in [3.8, 4) is 0 Å². The molecule has 0 aromatic carbocycles. The SMILES string of the molecule is CCN1CCC[C@H](c2cn(Cc3nnc4ccccn34)nn2)C1. The first-order valence-electron chi connectivity index (χ1n) is 8.24. The Bertz CT molecular complexity index is 790. The van der Waals surface area contributed by atoms with E-state index in [9.17, 15) is 0 Å². The summed E-state index contributed by atoms with van der Waals surface area (Å²) in [7, 11) is 0. The summed E-state index contributed by atoms with van der Waals surface area (Å²) < 4.78 is 3.85. The maximum Gasteiger partial charge on any atom is 0.160 e. The average Bonchev–Trinajstić information content (AvgIpc) is 3.23. The monoisotopic (exact) mass is 311 g/mol. The van der Waals surface area contributed by atoms with Crippen LogP contribution in [-0.4, -0.2) is 54.1 Å². The van der Waals surface area contributed by atoms with Crippen molar-refractivity contribution in [2.45, 2.75) is 32.2 Å². The number of hydrogen-bond donors (Lipinski definition) is 0. The molecule has 3 aromatic heterocycles. The zero-order chi connectivity index (χ0) is 15.6. The molecule has 1 fully saturated rings. The van der Waals surface area contributed by atoms with Crippen molar-refractivity contribution in [1.82, 2.24) is 34.5 Å². The molecule has 1 aliphatic heterocycles. The van der Waals surface area contributed by atoms with Gasteiger partial charge in [-0.15, -0.1) is 15.3 Å². The third kappa shape index (κ3) is 2.84. The van der Waals surface area contributed by atoms with E-state index in [2.05, 4.69) is 38.5 Å². The summed E-state index contributed by atoms with van der Waals surface area (Å²) in [6, 6.07) is 5.89. The molecule has 3 aromatic rings. The topological polar surface area (TPSA) is 64.1 Å². The maximum absolute atomic E-state index is 4.40. The Labute approximate surface area is 134 Å². The molecule has 0 unspecified atom stereocenters. The minimum absolute atomic E-state index is 0.493. The first-order chi connectivity index (χ1) is 11.3. The van der Waals surface area contributed by atoms with E-state index in [1.165, 1.54) is 19.4 Å². The third-order valence-corrected chi connectivity index (χ3v) is 4.62. The highest BCUT2D eigenvalue weighted by atomic mass is 15.4. The van der Waals surface area contributed by atoms with Gasteiger partial charge in [0.15, 0.2) is 11.5 Å². The van der Waals surface area contributed by atoms with Crippen LogP contribution in [0.2, 0.25) is 0 Å². The van der Waals surface area contributed by atoms with Gasteiger partial charge in [-0.2, -0.15) is 0 Å². The molecule has 7 heteroatoms. The lowest BCUT2D eigenvalue weighted by Gasteiger charge is -2.30. The number of fused-ring (bicyclic) bond motifs is 1. The van der Waals surface area contributed by atoms with Crippen LogP contribution in [-0.2, 0) is 6.54 Å². The van der Waals surface area contributed by atoms with Gasteiger partial charge in [0.25, 0.3) is 0 Å². The Morgan fingerprint density at radius 2 is 2.17 bits per heavy atom. The number of likely N-dealkylation sites (N-methyl/N-ethyl adjacent to an activating group) is 1. The van der Waals surface area contributed by atoms with Crippen LogP contribution in [0.25, 0.3) is 5.65 Å². The van der Waals surface area contributed by atoms with E-state index in [4.69, 9.17) is 0 Å². The smallest absolute Gasteiger partial charge is 0.160 e. The summed E-state index contributed by atoms with van der Waals surface area (Å²) in [6.07, 6.45) is 6.47. The fourth-order valence-electron chi connectivity index (χ4n) is 3.31. The fourth-order valence-corrected chi connectivity index (χ4v) is 3.31. The van der Waals surface area contributed by atoms with E-state index >= 15 is 0 Å². The van der Waals surface area contributed by atoms with Crippen LogP contribution >= 0.6 is 0 Å². The fraction of sp³-hybridized carbons (Fsp3) is 0.500. The standard InChI is InChI=1S/C16H21N7/c1-2-21-8-5-6-13(10-21)14-11-22(20-17-14)12-16-19-18-15-7-3-4-9-23(15)16/h3-4,7,9,11,13H,2,5-6,8,10,12H2,1H3/t13-/m0/s1. The van der Waals surface area contributed by atoms with Gasteiger partial charge >= 0.3 is 0 Å². The largest absolute Gasteiger partial charge is 0.303 e. The molecule has 0 aliphatic carbocycles. The molecular formula is C16H21N7.